The molecule has 2 nitrogen and oxygen atoms in total. The van der Waals surface area contributed by atoms with E-state index >= 15 is 0 Å². The Kier molecular flexibility index (Phi) is 8.42. The van der Waals surface area contributed by atoms with Gasteiger partial charge in [-0.15, -0.1) is 0 Å². The van der Waals surface area contributed by atoms with E-state index in [0.717, 1.165) is 0 Å². The fourth-order valence-electron chi connectivity index (χ4n) is 1.44. The maximum absolute atomic E-state index is 13.5. The molecule has 17 heavy (non-hydrogen) atoms. The molecule has 0 aliphatic carbocycles. The van der Waals surface area contributed by atoms with E-state index in [1.165, 1.54) is 6.07 Å². The largest absolute Gasteiger partial charge is 0.491 e. The van der Waals surface area contributed by atoms with Crippen LogP contribution in [0.4, 0.5) is 4.39 Å². The molecule has 0 heterocycles. The van der Waals surface area contributed by atoms with Gasteiger partial charge < -0.3 is 9.47 Å². The van der Waals surface area contributed by atoms with E-state index in [-0.39, 0.29) is 11.7 Å². The van der Waals surface area contributed by atoms with E-state index in [1.807, 2.05) is 27.7 Å². The highest BCUT2D eigenvalue weighted by Gasteiger charge is 2.12. The summed E-state index contributed by atoms with van der Waals surface area (Å²) in [6.07, 6.45) is 0. The third kappa shape index (κ3) is 5.18. The third-order valence-corrected chi connectivity index (χ3v) is 2.14. The van der Waals surface area contributed by atoms with Gasteiger partial charge in [-0.1, -0.05) is 33.8 Å². The number of halogens is 1. The highest BCUT2D eigenvalue weighted by Crippen LogP contribution is 2.28. The molecular weight excluding hydrogens is 219 g/mol. The second-order valence-electron chi connectivity index (χ2n) is 3.65. The number of ether oxygens (including phenoxy) is 2. The molecule has 1 aromatic rings. The molecule has 1 rings (SSSR count). The molecule has 0 bridgehead atoms. The minimum atomic E-state index is -0.208. The molecule has 0 radical (unpaired) electrons. The van der Waals surface area contributed by atoms with E-state index in [2.05, 4.69) is 0 Å². The second-order valence-corrected chi connectivity index (χ2v) is 3.65. The van der Waals surface area contributed by atoms with Crippen molar-refractivity contribution < 1.29 is 13.9 Å². The van der Waals surface area contributed by atoms with Crippen LogP contribution in [-0.2, 0) is 4.74 Å². The van der Waals surface area contributed by atoms with Crippen molar-refractivity contribution in [3.05, 3.63) is 29.6 Å². The Hall–Kier alpha value is -1.09. The Morgan fingerprint density at radius 1 is 1.18 bits per heavy atom. The van der Waals surface area contributed by atoms with Crippen molar-refractivity contribution in [2.45, 2.75) is 33.6 Å². The maximum atomic E-state index is 13.5. The Labute approximate surface area is 104 Å². The Morgan fingerprint density at radius 3 is 2.35 bits per heavy atom. The van der Waals surface area contributed by atoms with Crippen LogP contribution in [0.1, 0.15) is 39.2 Å². The molecule has 0 atom stereocenters. The standard InChI is InChI=1S/C12H17FO2.C2H6/c1-9(2)12-10(13)5-4-6-11(12)15-8-7-14-3;1-2/h4-6,9H,7-8H2,1-3H3;1-2H3. The first kappa shape index (κ1) is 15.9. The predicted molar refractivity (Wildman–Crippen MR) is 69.2 cm³/mol. The molecule has 3 heteroatoms. The van der Waals surface area contributed by atoms with Crippen LogP contribution in [0.15, 0.2) is 18.2 Å². The molecule has 98 valence electrons. The molecule has 0 aliphatic rings. The topological polar surface area (TPSA) is 18.5 Å². The lowest BCUT2D eigenvalue weighted by Gasteiger charge is -2.14. The molecule has 0 saturated carbocycles. The van der Waals surface area contributed by atoms with Crippen molar-refractivity contribution >= 4 is 0 Å². The minimum absolute atomic E-state index is 0.115. The predicted octanol–water partition coefficient (Wildman–Crippen LogP) is 4.00. The Bertz CT molecular complexity index is 311. The van der Waals surface area contributed by atoms with Crippen LogP contribution in [0.3, 0.4) is 0 Å². The van der Waals surface area contributed by atoms with Crippen molar-refractivity contribution in [1.82, 2.24) is 0 Å². The van der Waals surface area contributed by atoms with E-state index in [9.17, 15) is 4.39 Å². The molecule has 0 fully saturated rings. The van der Waals surface area contributed by atoms with Gasteiger partial charge in [-0.05, 0) is 18.1 Å². The van der Waals surface area contributed by atoms with E-state index in [4.69, 9.17) is 9.47 Å². The monoisotopic (exact) mass is 242 g/mol. The number of hydrogen-bond acceptors (Lipinski definition) is 2. The van der Waals surface area contributed by atoms with Crippen LogP contribution >= 0.6 is 0 Å². The van der Waals surface area contributed by atoms with Gasteiger partial charge in [0.2, 0.25) is 0 Å². The van der Waals surface area contributed by atoms with Crippen molar-refractivity contribution in [2.75, 3.05) is 20.3 Å². The van der Waals surface area contributed by atoms with E-state index in [1.54, 1.807) is 19.2 Å². The van der Waals surface area contributed by atoms with Gasteiger partial charge in [-0.25, -0.2) is 4.39 Å². The van der Waals surface area contributed by atoms with E-state index in [0.29, 0.717) is 24.5 Å². The number of benzene rings is 1. The van der Waals surface area contributed by atoms with Crippen molar-refractivity contribution in [3.63, 3.8) is 0 Å². The van der Waals surface area contributed by atoms with Crippen LogP contribution in [0.2, 0.25) is 0 Å². The zero-order chi connectivity index (χ0) is 13.3. The smallest absolute Gasteiger partial charge is 0.130 e. The van der Waals surface area contributed by atoms with Gasteiger partial charge in [0.25, 0.3) is 0 Å². The van der Waals surface area contributed by atoms with Crippen LogP contribution in [0.5, 0.6) is 5.75 Å². The summed E-state index contributed by atoms with van der Waals surface area (Å²) in [5.74, 6) is 0.519. The summed E-state index contributed by atoms with van der Waals surface area (Å²) in [7, 11) is 1.61. The van der Waals surface area contributed by atoms with Gasteiger partial charge in [0.05, 0.1) is 6.61 Å². The summed E-state index contributed by atoms with van der Waals surface area (Å²) < 4.78 is 23.8. The van der Waals surface area contributed by atoms with Crippen LogP contribution < -0.4 is 4.74 Å². The van der Waals surface area contributed by atoms with Gasteiger partial charge in [0.15, 0.2) is 0 Å². The summed E-state index contributed by atoms with van der Waals surface area (Å²) in [5, 5.41) is 0. The van der Waals surface area contributed by atoms with Crippen LogP contribution in [-0.4, -0.2) is 20.3 Å². The first-order valence-electron chi connectivity index (χ1n) is 6.07. The van der Waals surface area contributed by atoms with Gasteiger partial charge in [0.1, 0.15) is 18.2 Å². The minimum Gasteiger partial charge on any atom is -0.491 e. The summed E-state index contributed by atoms with van der Waals surface area (Å²) in [6, 6.07) is 4.90. The molecule has 1 aromatic carbocycles. The molecule has 0 aromatic heterocycles. The lowest BCUT2D eigenvalue weighted by Crippen LogP contribution is -2.07. The zero-order valence-electron chi connectivity index (χ0n) is 11.4. The zero-order valence-corrected chi connectivity index (χ0v) is 11.4. The number of hydrogen-bond donors (Lipinski definition) is 0. The SMILES string of the molecule is CC.COCCOc1cccc(F)c1C(C)C. The third-order valence-electron chi connectivity index (χ3n) is 2.14. The van der Waals surface area contributed by atoms with Gasteiger partial charge in [-0.2, -0.15) is 0 Å². The molecule has 0 saturated heterocycles. The summed E-state index contributed by atoms with van der Waals surface area (Å²) in [5.41, 5.74) is 0.633. The van der Waals surface area contributed by atoms with Gasteiger partial charge in [-0.3, -0.25) is 0 Å². The number of rotatable bonds is 5. The van der Waals surface area contributed by atoms with Crippen molar-refractivity contribution in [3.8, 4) is 5.75 Å². The molecule has 0 unspecified atom stereocenters. The van der Waals surface area contributed by atoms with Crippen LogP contribution in [0.25, 0.3) is 0 Å². The lowest BCUT2D eigenvalue weighted by molar-refractivity contribution is 0.145. The van der Waals surface area contributed by atoms with Crippen LogP contribution in [0, 0.1) is 5.82 Å². The Morgan fingerprint density at radius 2 is 1.82 bits per heavy atom. The normalized spacial score (nSPS) is 9.82. The average molecular weight is 242 g/mol. The maximum Gasteiger partial charge on any atom is 0.130 e. The molecule has 0 N–H and O–H groups in total. The lowest BCUT2D eigenvalue weighted by atomic mass is 10.0. The summed E-state index contributed by atoms with van der Waals surface area (Å²) >= 11 is 0. The number of methoxy groups -OCH3 is 1. The second kappa shape index (κ2) is 8.99. The molecule has 0 aliphatic heterocycles. The van der Waals surface area contributed by atoms with Gasteiger partial charge >= 0.3 is 0 Å². The van der Waals surface area contributed by atoms with Crippen molar-refractivity contribution in [1.29, 1.82) is 0 Å². The first-order chi connectivity index (χ1) is 8.16. The average Bonchev–Trinajstić information content (AvgIpc) is 2.31. The quantitative estimate of drug-likeness (QED) is 0.726. The fraction of sp³-hybridized carbons (Fsp3) is 0.571. The molecule has 0 amide bonds. The van der Waals surface area contributed by atoms with Gasteiger partial charge in [0, 0.05) is 12.7 Å². The summed E-state index contributed by atoms with van der Waals surface area (Å²) in [6.45, 7) is 8.84. The first-order valence-corrected chi connectivity index (χ1v) is 6.07. The highest BCUT2D eigenvalue weighted by molar-refractivity contribution is 5.36. The highest BCUT2D eigenvalue weighted by atomic mass is 19.1. The van der Waals surface area contributed by atoms with Crippen molar-refractivity contribution in [2.24, 2.45) is 0 Å². The Balaban J connectivity index is 0.00000121. The summed E-state index contributed by atoms with van der Waals surface area (Å²) in [4.78, 5) is 0. The molecule has 0 spiro atoms. The molecular formula is C14H23FO2. The van der Waals surface area contributed by atoms with E-state index < -0.39 is 0 Å². The fourth-order valence-corrected chi connectivity index (χ4v) is 1.44.